The van der Waals surface area contributed by atoms with Crippen LogP contribution in [0.1, 0.15) is 18.9 Å². The number of oxazole rings is 1. The van der Waals surface area contributed by atoms with Crippen molar-refractivity contribution < 1.29 is 4.42 Å². The second-order valence-electron chi connectivity index (χ2n) is 4.30. The van der Waals surface area contributed by atoms with Crippen LogP contribution in [-0.4, -0.2) is 18.1 Å². The van der Waals surface area contributed by atoms with E-state index in [2.05, 4.69) is 23.3 Å². The van der Waals surface area contributed by atoms with Crippen molar-refractivity contribution in [1.82, 2.24) is 10.3 Å². The molecule has 0 bridgehead atoms. The van der Waals surface area contributed by atoms with Crippen LogP contribution in [0.3, 0.4) is 0 Å². The van der Waals surface area contributed by atoms with Crippen molar-refractivity contribution in [3.05, 3.63) is 30.2 Å². The zero-order valence-corrected chi connectivity index (χ0v) is 10.1. The monoisotopic (exact) mass is 233 g/mol. The molecule has 1 aromatic heterocycles. The maximum atomic E-state index is 5.66. The molecule has 92 valence electrons. The van der Waals surface area contributed by atoms with E-state index in [1.54, 1.807) is 0 Å². The van der Waals surface area contributed by atoms with E-state index in [0.29, 0.717) is 5.92 Å². The summed E-state index contributed by atoms with van der Waals surface area (Å²) in [6.07, 6.45) is 2.59. The number of nitrogens with one attached hydrogen (secondary N) is 1. The molecule has 0 spiro atoms. The normalized spacial score (nSPS) is 13.1. The first-order valence-corrected chi connectivity index (χ1v) is 6.06. The van der Waals surface area contributed by atoms with Crippen LogP contribution in [0.5, 0.6) is 0 Å². The Morgan fingerprint density at radius 3 is 3.12 bits per heavy atom. The third-order valence-electron chi connectivity index (χ3n) is 3.07. The van der Waals surface area contributed by atoms with Gasteiger partial charge in [0.15, 0.2) is 12.0 Å². The van der Waals surface area contributed by atoms with Gasteiger partial charge in [-0.3, -0.25) is 0 Å². The lowest BCUT2D eigenvalue weighted by molar-refractivity contribution is 0.471. The lowest BCUT2D eigenvalue weighted by Crippen LogP contribution is -2.27. The van der Waals surface area contributed by atoms with E-state index >= 15 is 0 Å². The topological polar surface area (TPSA) is 64.1 Å². The molecule has 1 aromatic carbocycles. The van der Waals surface area contributed by atoms with Gasteiger partial charge in [-0.15, -0.1) is 0 Å². The molecule has 0 saturated carbocycles. The van der Waals surface area contributed by atoms with Gasteiger partial charge in [0.1, 0.15) is 5.52 Å². The summed E-state index contributed by atoms with van der Waals surface area (Å²) >= 11 is 0. The summed E-state index contributed by atoms with van der Waals surface area (Å²) in [7, 11) is 0. The van der Waals surface area contributed by atoms with Crippen molar-refractivity contribution in [2.24, 2.45) is 11.7 Å². The highest BCUT2D eigenvalue weighted by atomic mass is 16.3. The minimum atomic E-state index is 0.559. The molecule has 1 unspecified atom stereocenters. The molecule has 17 heavy (non-hydrogen) atoms. The Hall–Kier alpha value is -1.39. The molecule has 0 radical (unpaired) electrons. The molecule has 0 aliphatic rings. The average molecular weight is 233 g/mol. The van der Waals surface area contributed by atoms with E-state index in [4.69, 9.17) is 10.2 Å². The molecular formula is C13H19N3O. The summed E-state index contributed by atoms with van der Waals surface area (Å²) in [5.41, 5.74) is 8.62. The number of hydrogen-bond donors (Lipinski definition) is 2. The van der Waals surface area contributed by atoms with Crippen LogP contribution in [0, 0.1) is 5.92 Å². The molecule has 0 aliphatic carbocycles. The highest BCUT2D eigenvalue weighted by molar-refractivity contribution is 5.72. The van der Waals surface area contributed by atoms with E-state index in [1.807, 2.05) is 12.1 Å². The SMILES string of the molecule is CCC(CN)CNCc1ccc2ncoc2c1. The second kappa shape index (κ2) is 5.80. The van der Waals surface area contributed by atoms with Gasteiger partial charge in [-0.1, -0.05) is 19.4 Å². The highest BCUT2D eigenvalue weighted by Crippen LogP contribution is 2.14. The minimum absolute atomic E-state index is 0.559. The number of nitrogens with two attached hydrogens (primary N) is 1. The summed E-state index contributed by atoms with van der Waals surface area (Å²) in [5, 5.41) is 3.42. The van der Waals surface area contributed by atoms with Crippen molar-refractivity contribution in [1.29, 1.82) is 0 Å². The van der Waals surface area contributed by atoms with Crippen molar-refractivity contribution in [3.8, 4) is 0 Å². The maximum Gasteiger partial charge on any atom is 0.181 e. The fourth-order valence-electron chi connectivity index (χ4n) is 1.82. The van der Waals surface area contributed by atoms with Crippen LogP contribution in [-0.2, 0) is 6.54 Å². The molecule has 1 atom stereocenters. The van der Waals surface area contributed by atoms with Gasteiger partial charge >= 0.3 is 0 Å². The van der Waals surface area contributed by atoms with Gasteiger partial charge in [-0.05, 0) is 36.7 Å². The zero-order chi connectivity index (χ0) is 12.1. The maximum absolute atomic E-state index is 5.66. The second-order valence-corrected chi connectivity index (χ2v) is 4.30. The zero-order valence-electron chi connectivity index (χ0n) is 10.1. The Balaban J connectivity index is 1.90. The molecule has 1 heterocycles. The lowest BCUT2D eigenvalue weighted by Gasteiger charge is -2.12. The number of hydrogen-bond acceptors (Lipinski definition) is 4. The summed E-state index contributed by atoms with van der Waals surface area (Å²) < 4.78 is 5.27. The van der Waals surface area contributed by atoms with Crippen molar-refractivity contribution in [2.45, 2.75) is 19.9 Å². The molecule has 0 fully saturated rings. The van der Waals surface area contributed by atoms with Crippen LogP contribution in [0.25, 0.3) is 11.1 Å². The first kappa shape index (κ1) is 12.1. The third kappa shape index (κ3) is 3.05. The number of benzene rings is 1. The van der Waals surface area contributed by atoms with E-state index in [0.717, 1.165) is 37.2 Å². The number of aromatic nitrogens is 1. The quantitative estimate of drug-likeness (QED) is 0.800. The third-order valence-corrected chi connectivity index (χ3v) is 3.07. The van der Waals surface area contributed by atoms with E-state index in [1.165, 1.54) is 12.0 Å². The predicted molar refractivity (Wildman–Crippen MR) is 68.6 cm³/mol. The molecule has 4 heteroatoms. The largest absolute Gasteiger partial charge is 0.443 e. The minimum Gasteiger partial charge on any atom is -0.443 e. The Bertz CT molecular complexity index is 462. The standard InChI is InChI=1S/C13H19N3O/c1-2-10(6-14)7-15-8-11-3-4-12-13(5-11)17-9-16-12/h3-5,9-10,15H,2,6-8,14H2,1H3. The van der Waals surface area contributed by atoms with Gasteiger partial charge in [-0.25, -0.2) is 4.98 Å². The van der Waals surface area contributed by atoms with E-state index in [9.17, 15) is 0 Å². The average Bonchev–Trinajstić information content (AvgIpc) is 2.82. The fourth-order valence-corrected chi connectivity index (χ4v) is 1.82. The Kier molecular flexibility index (Phi) is 4.12. The van der Waals surface area contributed by atoms with Crippen LogP contribution in [0.15, 0.2) is 29.0 Å². The first-order valence-electron chi connectivity index (χ1n) is 6.06. The van der Waals surface area contributed by atoms with Gasteiger partial charge in [0.2, 0.25) is 0 Å². The number of nitrogens with zero attached hydrogens (tertiary/aromatic N) is 1. The van der Waals surface area contributed by atoms with Crippen LogP contribution in [0.4, 0.5) is 0 Å². The predicted octanol–water partition coefficient (Wildman–Crippen LogP) is 1.90. The number of rotatable bonds is 6. The molecule has 0 aliphatic heterocycles. The molecule has 3 N–H and O–H groups in total. The fraction of sp³-hybridized carbons (Fsp3) is 0.462. The van der Waals surface area contributed by atoms with Gasteiger partial charge in [0.05, 0.1) is 0 Å². The van der Waals surface area contributed by atoms with Gasteiger partial charge in [0.25, 0.3) is 0 Å². The number of fused-ring (bicyclic) bond motifs is 1. The van der Waals surface area contributed by atoms with Crippen molar-refractivity contribution >= 4 is 11.1 Å². The highest BCUT2D eigenvalue weighted by Gasteiger charge is 2.04. The summed E-state index contributed by atoms with van der Waals surface area (Å²) in [6.45, 7) is 4.71. The first-order chi connectivity index (χ1) is 8.33. The smallest absolute Gasteiger partial charge is 0.181 e. The van der Waals surface area contributed by atoms with Gasteiger partial charge in [0, 0.05) is 6.54 Å². The van der Waals surface area contributed by atoms with Crippen molar-refractivity contribution in [3.63, 3.8) is 0 Å². The van der Waals surface area contributed by atoms with Gasteiger partial charge < -0.3 is 15.5 Å². The summed E-state index contributed by atoms with van der Waals surface area (Å²) in [4.78, 5) is 4.09. The van der Waals surface area contributed by atoms with Gasteiger partial charge in [-0.2, -0.15) is 0 Å². The molecule has 2 aromatic rings. The summed E-state index contributed by atoms with van der Waals surface area (Å²) in [5.74, 6) is 0.559. The lowest BCUT2D eigenvalue weighted by atomic mass is 10.1. The molecule has 4 nitrogen and oxygen atoms in total. The van der Waals surface area contributed by atoms with Crippen molar-refractivity contribution in [2.75, 3.05) is 13.1 Å². The molecule has 2 rings (SSSR count). The molecule has 0 amide bonds. The molecule has 0 saturated heterocycles. The van der Waals surface area contributed by atoms with E-state index in [-0.39, 0.29) is 0 Å². The van der Waals surface area contributed by atoms with E-state index < -0.39 is 0 Å². The Labute approximate surface area is 101 Å². The summed E-state index contributed by atoms with van der Waals surface area (Å²) in [6, 6.07) is 6.08. The molecular weight excluding hydrogens is 214 g/mol. The Morgan fingerprint density at radius 2 is 2.35 bits per heavy atom. The van der Waals surface area contributed by atoms with Crippen LogP contribution in [0.2, 0.25) is 0 Å². The van der Waals surface area contributed by atoms with Crippen LogP contribution >= 0.6 is 0 Å². The Morgan fingerprint density at radius 1 is 1.47 bits per heavy atom. The van der Waals surface area contributed by atoms with Crippen LogP contribution < -0.4 is 11.1 Å².